The number of phenolic OH excluding ortho intramolecular Hbond substituents is 1. The van der Waals surface area contributed by atoms with Gasteiger partial charge < -0.3 is 15.3 Å². The van der Waals surface area contributed by atoms with Crippen LogP contribution in [0.15, 0.2) is 18.2 Å². The Kier molecular flexibility index (Phi) is 4.43. The lowest BCUT2D eigenvalue weighted by Crippen LogP contribution is -2.47. The van der Waals surface area contributed by atoms with Crippen LogP contribution in [-0.4, -0.2) is 41.6 Å². The van der Waals surface area contributed by atoms with Crippen LogP contribution in [0.3, 0.4) is 0 Å². The number of likely N-dealkylation sites (N-methyl/N-ethyl adjacent to an activating group) is 1. The molecule has 0 spiro atoms. The van der Waals surface area contributed by atoms with Crippen LogP contribution in [0.25, 0.3) is 0 Å². The molecule has 1 aliphatic heterocycles. The number of carbonyl (C=O) groups is 1. The Balaban J connectivity index is 2.08. The first-order chi connectivity index (χ1) is 9.11. The maximum atomic E-state index is 12.4. The fraction of sp³-hybridized carbons (Fsp3) is 0.533. The fourth-order valence-corrected chi connectivity index (χ4v) is 2.54. The molecular formula is C15H22N2O2. The summed E-state index contributed by atoms with van der Waals surface area (Å²) in [6, 6.07) is 5.53. The smallest absolute Gasteiger partial charge is 0.254 e. The van der Waals surface area contributed by atoms with E-state index in [9.17, 15) is 9.90 Å². The molecule has 104 valence electrons. The zero-order valence-electron chi connectivity index (χ0n) is 11.6. The van der Waals surface area contributed by atoms with E-state index < -0.39 is 0 Å². The van der Waals surface area contributed by atoms with Crippen molar-refractivity contribution < 1.29 is 9.90 Å². The largest absolute Gasteiger partial charge is 0.508 e. The zero-order chi connectivity index (χ0) is 13.8. The number of amides is 1. The molecule has 1 aromatic rings. The number of carbonyl (C=O) groups excluding carboxylic acids is 1. The van der Waals surface area contributed by atoms with Crippen LogP contribution in [0.1, 0.15) is 35.7 Å². The molecule has 1 aliphatic rings. The molecule has 1 aromatic carbocycles. The molecule has 2 N–H and O–H groups in total. The molecule has 1 unspecified atom stereocenters. The van der Waals surface area contributed by atoms with E-state index in [1.54, 1.807) is 18.2 Å². The average molecular weight is 262 g/mol. The molecule has 0 aliphatic carbocycles. The Hall–Kier alpha value is -1.55. The maximum Gasteiger partial charge on any atom is 0.254 e. The van der Waals surface area contributed by atoms with Gasteiger partial charge in [-0.3, -0.25) is 4.79 Å². The van der Waals surface area contributed by atoms with Crippen molar-refractivity contribution in [2.75, 3.05) is 19.6 Å². The van der Waals surface area contributed by atoms with E-state index in [0.29, 0.717) is 11.6 Å². The van der Waals surface area contributed by atoms with Gasteiger partial charge in [0.15, 0.2) is 0 Å². The Morgan fingerprint density at radius 3 is 3.00 bits per heavy atom. The summed E-state index contributed by atoms with van der Waals surface area (Å²) in [6.07, 6.45) is 2.15. The molecule has 1 saturated heterocycles. The van der Waals surface area contributed by atoms with Gasteiger partial charge in [-0.05, 0) is 44.0 Å². The summed E-state index contributed by atoms with van der Waals surface area (Å²) in [5, 5.41) is 13.1. The van der Waals surface area contributed by atoms with Gasteiger partial charge in [0.1, 0.15) is 5.75 Å². The molecule has 0 radical (unpaired) electrons. The van der Waals surface area contributed by atoms with Gasteiger partial charge in [-0.1, -0.05) is 13.0 Å². The Bertz CT molecular complexity index is 457. The minimum atomic E-state index is 0.0119. The van der Waals surface area contributed by atoms with Crippen molar-refractivity contribution in [1.82, 2.24) is 10.2 Å². The maximum absolute atomic E-state index is 12.4. The molecule has 0 aromatic heterocycles. The Morgan fingerprint density at radius 1 is 1.53 bits per heavy atom. The third-order valence-corrected chi connectivity index (χ3v) is 3.66. The van der Waals surface area contributed by atoms with Crippen molar-refractivity contribution in [3.05, 3.63) is 29.3 Å². The van der Waals surface area contributed by atoms with Crippen LogP contribution in [0.5, 0.6) is 5.75 Å². The standard InChI is InChI=1S/C15H22N2O2/c1-3-16-13-5-4-8-17(10-13)15(19)12-7-6-11(2)14(18)9-12/h6-7,9,13,16,18H,3-5,8,10H2,1-2H3. The van der Waals surface area contributed by atoms with Crippen LogP contribution in [0.2, 0.25) is 0 Å². The lowest BCUT2D eigenvalue weighted by molar-refractivity contribution is 0.0695. The molecular weight excluding hydrogens is 240 g/mol. The third-order valence-electron chi connectivity index (χ3n) is 3.66. The van der Waals surface area contributed by atoms with Crippen molar-refractivity contribution in [1.29, 1.82) is 0 Å². The van der Waals surface area contributed by atoms with Gasteiger partial charge in [0.25, 0.3) is 5.91 Å². The van der Waals surface area contributed by atoms with E-state index in [-0.39, 0.29) is 11.7 Å². The summed E-state index contributed by atoms with van der Waals surface area (Å²) in [7, 11) is 0. The van der Waals surface area contributed by atoms with Crippen molar-refractivity contribution in [3.63, 3.8) is 0 Å². The number of piperidine rings is 1. The molecule has 0 saturated carbocycles. The lowest BCUT2D eigenvalue weighted by atomic mass is 10.0. The fourth-order valence-electron chi connectivity index (χ4n) is 2.54. The summed E-state index contributed by atoms with van der Waals surface area (Å²) in [4.78, 5) is 14.3. The summed E-state index contributed by atoms with van der Waals surface area (Å²) in [5.41, 5.74) is 1.36. The van der Waals surface area contributed by atoms with E-state index in [1.807, 2.05) is 11.8 Å². The second kappa shape index (κ2) is 6.06. The van der Waals surface area contributed by atoms with E-state index in [0.717, 1.165) is 38.0 Å². The van der Waals surface area contributed by atoms with Crippen LogP contribution in [0.4, 0.5) is 0 Å². The SMILES string of the molecule is CCNC1CCCN(C(=O)c2ccc(C)c(O)c2)C1. The Morgan fingerprint density at radius 2 is 2.32 bits per heavy atom. The van der Waals surface area contributed by atoms with Crippen molar-refractivity contribution in [2.24, 2.45) is 0 Å². The van der Waals surface area contributed by atoms with Crippen molar-refractivity contribution >= 4 is 5.91 Å². The first kappa shape index (κ1) is 13.9. The summed E-state index contributed by atoms with van der Waals surface area (Å²) < 4.78 is 0. The monoisotopic (exact) mass is 262 g/mol. The molecule has 4 heteroatoms. The minimum Gasteiger partial charge on any atom is -0.508 e. The number of hydrogen-bond donors (Lipinski definition) is 2. The number of phenols is 1. The number of aromatic hydroxyl groups is 1. The minimum absolute atomic E-state index is 0.0119. The molecule has 19 heavy (non-hydrogen) atoms. The van der Waals surface area contributed by atoms with Crippen LogP contribution in [0, 0.1) is 6.92 Å². The highest BCUT2D eigenvalue weighted by Crippen LogP contribution is 2.20. The molecule has 1 heterocycles. The highest BCUT2D eigenvalue weighted by molar-refractivity contribution is 5.94. The van der Waals surface area contributed by atoms with Crippen molar-refractivity contribution in [3.8, 4) is 5.75 Å². The van der Waals surface area contributed by atoms with Gasteiger partial charge in [0, 0.05) is 24.7 Å². The first-order valence-electron chi connectivity index (χ1n) is 6.94. The van der Waals surface area contributed by atoms with Gasteiger partial charge in [-0.25, -0.2) is 0 Å². The quantitative estimate of drug-likeness (QED) is 0.875. The number of rotatable bonds is 3. The topological polar surface area (TPSA) is 52.6 Å². The molecule has 2 rings (SSSR count). The van der Waals surface area contributed by atoms with E-state index in [1.165, 1.54) is 0 Å². The predicted molar refractivity (Wildman–Crippen MR) is 75.4 cm³/mol. The highest BCUT2D eigenvalue weighted by Gasteiger charge is 2.24. The average Bonchev–Trinajstić information content (AvgIpc) is 2.42. The van der Waals surface area contributed by atoms with Gasteiger partial charge in [-0.15, -0.1) is 0 Å². The van der Waals surface area contributed by atoms with Gasteiger partial charge in [0.05, 0.1) is 0 Å². The van der Waals surface area contributed by atoms with E-state index in [2.05, 4.69) is 12.2 Å². The number of hydrogen-bond acceptors (Lipinski definition) is 3. The van der Waals surface area contributed by atoms with E-state index in [4.69, 9.17) is 0 Å². The van der Waals surface area contributed by atoms with Crippen LogP contribution in [-0.2, 0) is 0 Å². The normalized spacial score (nSPS) is 19.5. The lowest BCUT2D eigenvalue weighted by Gasteiger charge is -2.33. The van der Waals surface area contributed by atoms with Crippen LogP contribution >= 0.6 is 0 Å². The molecule has 1 atom stereocenters. The second-order valence-electron chi connectivity index (χ2n) is 5.15. The molecule has 4 nitrogen and oxygen atoms in total. The Labute approximate surface area is 114 Å². The molecule has 1 fully saturated rings. The summed E-state index contributed by atoms with van der Waals surface area (Å²) >= 11 is 0. The number of aryl methyl sites for hydroxylation is 1. The first-order valence-corrected chi connectivity index (χ1v) is 6.94. The second-order valence-corrected chi connectivity index (χ2v) is 5.15. The summed E-state index contributed by atoms with van der Waals surface area (Å²) in [6.45, 7) is 6.39. The molecule has 0 bridgehead atoms. The van der Waals surface area contributed by atoms with Gasteiger partial charge >= 0.3 is 0 Å². The van der Waals surface area contributed by atoms with Crippen molar-refractivity contribution in [2.45, 2.75) is 32.7 Å². The predicted octanol–water partition coefficient (Wildman–Crippen LogP) is 1.91. The zero-order valence-corrected chi connectivity index (χ0v) is 11.6. The highest BCUT2D eigenvalue weighted by atomic mass is 16.3. The van der Waals surface area contributed by atoms with E-state index >= 15 is 0 Å². The van der Waals surface area contributed by atoms with Gasteiger partial charge in [0.2, 0.25) is 0 Å². The molecule has 1 amide bonds. The number of likely N-dealkylation sites (tertiary alicyclic amines) is 1. The number of nitrogens with zero attached hydrogens (tertiary/aromatic N) is 1. The number of benzene rings is 1. The number of nitrogens with one attached hydrogen (secondary N) is 1. The van der Waals surface area contributed by atoms with Gasteiger partial charge in [-0.2, -0.15) is 0 Å². The summed E-state index contributed by atoms with van der Waals surface area (Å²) in [5.74, 6) is 0.198. The van der Waals surface area contributed by atoms with Crippen LogP contribution < -0.4 is 5.32 Å². The third kappa shape index (κ3) is 3.26.